The Kier molecular flexibility index (Phi) is 6.22. The van der Waals surface area contributed by atoms with E-state index in [9.17, 15) is 9.90 Å². The Morgan fingerprint density at radius 3 is 2.32 bits per heavy atom. The maximum Gasteiger partial charge on any atom is 0.259 e. The summed E-state index contributed by atoms with van der Waals surface area (Å²) in [5, 5.41) is 16.9. The maximum atomic E-state index is 11.9. The fourth-order valence-corrected chi connectivity index (χ4v) is 2.08. The zero-order valence-electron chi connectivity index (χ0n) is 14.4. The first-order valence-corrected chi connectivity index (χ1v) is 7.62. The predicted molar refractivity (Wildman–Crippen MR) is 96.5 cm³/mol. The minimum Gasteiger partial charge on any atom is -0.507 e. The highest BCUT2D eigenvalue weighted by Crippen LogP contribution is 2.23. The number of nitrogens with zero attached hydrogens (tertiary/aromatic N) is 1. The van der Waals surface area contributed by atoms with E-state index in [4.69, 9.17) is 9.47 Å². The number of hydrazone groups is 1. The number of carbonyl (C=O) groups excluding carboxylic acids is 1. The van der Waals surface area contributed by atoms with Crippen LogP contribution >= 0.6 is 0 Å². The normalized spacial score (nSPS) is 10.9. The Morgan fingerprint density at radius 1 is 1.08 bits per heavy atom. The van der Waals surface area contributed by atoms with E-state index in [0.29, 0.717) is 17.0 Å². The van der Waals surface area contributed by atoms with Gasteiger partial charge in [-0.3, -0.25) is 4.79 Å². The van der Waals surface area contributed by atoms with Crippen molar-refractivity contribution in [1.29, 1.82) is 0 Å². The third-order valence-electron chi connectivity index (χ3n) is 3.49. The average Bonchev–Trinajstić information content (AvgIpc) is 2.64. The summed E-state index contributed by atoms with van der Waals surface area (Å²) >= 11 is 0. The van der Waals surface area contributed by atoms with Crippen molar-refractivity contribution in [1.82, 2.24) is 5.43 Å². The van der Waals surface area contributed by atoms with Crippen LogP contribution in [0.4, 0.5) is 5.69 Å². The molecule has 0 spiro atoms. The summed E-state index contributed by atoms with van der Waals surface area (Å²) in [4.78, 5) is 11.9. The molecule has 0 unspecified atom stereocenters. The van der Waals surface area contributed by atoms with Crippen LogP contribution in [0.25, 0.3) is 0 Å². The summed E-state index contributed by atoms with van der Waals surface area (Å²) in [7, 11) is 3.11. The largest absolute Gasteiger partial charge is 0.507 e. The summed E-state index contributed by atoms with van der Waals surface area (Å²) in [6.07, 6.45) is 0. The molecule has 0 radical (unpaired) electrons. The van der Waals surface area contributed by atoms with Gasteiger partial charge >= 0.3 is 0 Å². The standard InChI is InChI=1S/C18H21N3O4/c1-12(16-9-8-15(25-3)10-17(16)22)20-21-18(23)11-19-13-4-6-14(24-2)7-5-13/h4-10,19,22H,11H2,1-3H3,(H,21,23). The van der Waals surface area contributed by atoms with Crippen LogP contribution in [-0.2, 0) is 4.79 Å². The summed E-state index contributed by atoms with van der Waals surface area (Å²) in [5.74, 6) is 1.02. The zero-order valence-corrected chi connectivity index (χ0v) is 14.4. The highest BCUT2D eigenvalue weighted by Gasteiger charge is 2.07. The second-order valence-electron chi connectivity index (χ2n) is 5.20. The lowest BCUT2D eigenvalue weighted by Gasteiger charge is -2.08. The number of amides is 1. The highest BCUT2D eigenvalue weighted by atomic mass is 16.5. The molecular weight excluding hydrogens is 322 g/mol. The van der Waals surface area contributed by atoms with E-state index in [1.807, 2.05) is 12.1 Å². The van der Waals surface area contributed by atoms with E-state index in [1.54, 1.807) is 38.3 Å². The van der Waals surface area contributed by atoms with Gasteiger partial charge in [-0.25, -0.2) is 5.43 Å². The van der Waals surface area contributed by atoms with Crippen LogP contribution in [-0.4, -0.2) is 37.5 Å². The third-order valence-corrected chi connectivity index (χ3v) is 3.49. The first kappa shape index (κ1) is 18.1. The van der Waals surface area contributed by atoms with Crippen molar-refractivity contribution in [3.8, 4) is 17.2 Å². The van der Waals surface area contributed by atoms with Crippen molar-refractivity contribution in [2.24, 2.45) is 5.10 Å². The molecule has 2 aromatic rings. The van der Waals surface area contributed by atoms with Crippen LogP contribution in [0, 0.1) is 0 Å². The second-order valence-corrected chi connectivity index (χ2v) is 5.20. The number of hydrogen-bond acceptors (Lipinski definition) is 6. The second kappa shape index (κ2) is 8.58. The van der Waals surface area contributed by atoms with Crippen molar-refractivity contribution < 1.29 is 19.4 Å². The van der Waals surface area contributed by atoms with Crippen molar-refractivity contribution in [2.45, 2.75) is 6.92 Å². The number of aromatic hydroxyl groups is 1. The third kappa shape index (κ3) is 5.13. The number of carbonyl (C=O) groups is 1. The quantitative estimate of drug-likeness (QED) is 0.530. The molecular formula is C18H21N3O4. The van der Waals surface area contributed by atoms with Crippen molar-refractivity contribution in [3.05, 3.63) is 48.0 Å². The number of phenols is 1. The number of phenolic OH excluding ortho intramolecular Hbond substituents is 1. The molecule has 0 aliphatic carbocycles. The van der Waals surface area contributed by atoms with Crippen LogP contribution < -0.4 is 20.2 Å². The molecule has 0 aromatic heterocycles. The molecule has 25 heavy (non-hydrogen) atoms. The number of methoxy groups -OCH3 is 2. The summed E-state index contributed by atoms with van der Waals surface area (Å²) < 4.78 is 10.1. The van der Waals surface area contributed by atoms with Crippen LogP contribution in [0.5, 0.6) is 17.2 Å². The lowest BCUT2D eigenvalue weighted by molar-refractivity contribution is -0.119. The number of nitrogens with one attached hydrogen (secondary N) is 2. The van der Waals surface area contributed by atoms with Gasteiger partial charge in [0.2, 0.25) is 0 Å². The van der Waals surface area contributed by atoms with Gasteiger partial charge in [0.25, 0.3) is 5.91 Å². The molecule has 0 saturated carbocycles. The molecule has 2 rings (SSSR count). The Hall–Kier alpha value is -3.22. The first-order chi connectivity index (χ1) is 12.0. The first-order valence-electron chi connectivity index (χ1n) is 7.62. The van der Waals surface area contributed by atoms with Gasteiger partial charge in [-0.05, 0) is 43.3 Å². The average molecular weight is 343 g/mol. The molecule has 0 aliphatic rings. The lowest BCUT2D eigenvalue weighted by atomic mass is 10.1. The molecule has 0 heterocycles. The van der Waals surface area contributed by atoms with E-state index in [0.717, 1.165) is 11.4 Å². The van der Waals surface area contributed by atoms with Crippen LogP contribution in [0.1, 0.15) is 12.5 Å². The maximum absolute atomic E-state index is 11.9. The van der Waals surface area contributed by atoms with Crippen LogP contribution in [0.15, 0.2) is 47.6 Å². The molecule has 0 aliphatic heterocycles. The number of rotatable bonds is 7. The van der Waals surface area contributed by atoms with Crippen molar-refractivity contribution in [2.75, 3.05) is 26.1 Å². The van der Waals surface area contributed by atoms with Gasteiger partial charge in [-0.2, -0.15) is 5.10 Å². The van der Waals surface area contributed by atoms with E-state index >= 15 is 0 Å². The van der Waals surface area contributed by atoms with Gasteiger partial charge in [0.05, 0.1) is 26.5 Å². The summed E-state index contributed by atoms with van der Waals surface area (Å²) in [6.45, 7) is 1.76. The van der Waals surface area contributed by atoms with Gasteiger partial charge in [-0.15, -0.1) is 0 Å². The molecule has 1 amide bonds. The van der Waals surface area contributed by atoms with Crippen molar-refractivity contribution in [3.63, 3.8) is 0 Å². The van der Waals surface area contributed by atoms with Gasteiger partial charge in [-0.1, -0.05) is 0 Å². The van der Waals surface area contributed by atoms with Gasteiger partial charge in [0.15, 0.2) is 0 Å². The lowest BCUT2D eigenvalue weighted by Crippen LogP contribution is -2.26. The summed E-state index contributed by atoms with van der Waals surface area (Å²) in [5.41, 5.74) is 4.25. The molecule has 132 valence electrons. The van der Waals surface area contributed by atoms with E-state index in [1.165, 1.54) is 13.2 Å². The Balaban J connectivity index is 1.90. The van der Waals surface area contributed by atoms with E-state index < -0.39 is 0 Å². The summed E-state index contributed by atoms with van der Waals surface area (Å²) in [6, 6.07) is 12.1. The van der Waals surface area contributed by atoms with Crippen molar-refractivity contribution >= 4 is 17.3 Å². The Morgan fingerprint density at radius 2 is 1.72 bits per heavy atom. The fraction of sp³-hybridized carbons (Fsp3) is 0.222. The molecule has 7 heteroatoms. The number of hydrogen-bond donors (Lipinski definition) is 3. The molecule has 3 N–H and O–H groups in total. The number of benzene rings is 2. The van der Waals surface area contributed by atoms with E-state index in [-0.39, 0.29) is 18.2 Å². The van der Waals surface area contributed by atoms with Crippen LogP contribution in [0.2, 0.25) is 0 Å². The number of ether oxygens (including phenoxy) is 2. The molecule has 7 nitrogen and oxygen atoms in total. The zero-order chi connectivity index (χ0) is 18.2. The molecule has 0 saturated heterocycles. The van der Waals surface area contributed by atoms with Gasteiger partial charge in [0, 0.05) is 17.3 Å². The Labute approximate surface area is 146 Å². The predicted octanol–water partition coefficient (Wildman–Crippen LogP) is 2.36. The monoisotopic (exact) mass is 343 g/mol. The topological polar surface area (TPSA) is 92.2 Å². The van der Waals surface area contributed by atoms with Crippen LogP contribution in [0.3, 0.4) is 0 Å². The highest BCUT2D eigenvalue weighted by molar-refractivity contribution is 6.01. The molecule has 2 aromatic carbocycles. The number of anilines is 1. The van der Waals surface area contributed by atoms with Gasteiger partial charge in [0.1, 0.15) is 17.2 Å². The minimum atomic E-state index is -0.303. The molecule has 0 fully saturated rings. The van der Waals surface area contributed by atoms with E-state index in [2.05, 4.69) is 15.8 Å². The smallest absolute Gasteiger partial charge is 0.259 e. The minimum absolute atomic E-state index is 0.0335. The van der Waals surface area contributed by atoms with Gasteiger partial charge < -0.3 is 19.9 Å². The molecule has 0 bridgehead atoms. The SMILES string of the molecule is COc1ccc(NCC(=O)NN=C(C)c2ccc(OC)cc2O)cc1. The fourth-order valence-electron chi connectivity index (χ4n) is 2.08. The molecule has 0 atom stereocenters. The Bertz CT molecular complexity index is 757.